The Kier molecular flexibility index (Phi) is 4.44. The van der Waals surface area contributed by atoms with E-state index in [1.54, 1.807) is 0 Å². The molecule has 0 aliphatic carbocycles. The third-order valence-corrected chi connectivity index (χ3v) is 3.13. The number of nitrogens with one attached hydrogen (secondary N) is 1. The van der Waals surface area contributed by atoms with Crippen LogP contribution in [0.25, 0.3) is 0 Å². The third-order valence-electron chi connectivity index (χ3n) is 2.61. The molecule has 0 amide bonds. The number of rotatable bonds is 4. The van der Waals surface area contributed by atoms with E-state index in [-0.39, 0.29) is 12.1 Å². The molecule has 0 bridgehead atoms. The maximum Gasteiger partial charge on any atom is 0.130 e. The van der Waals surface area contributed by atoms with Crippen molar-refractivity contribution in [2.75, 3.05) is 0 Å². The first-order valence-electron chi connectivity index (χ1n) is 5.55. The molecule has 4 heteroatoms. The minimum atomic E-state index is -0.515. The van der Waals surface area contributed by atoms with E-state index in [9.17, 15) is 8.78 Å². The van der Waals surface area contributed by atoms with Gasteiger partial charge in [0.15, 0.2) is 0 Å². The molecule has 1 N–H and O–H groups in total. The molecule has 0 aromatic heterocycles. The van der Waals surface area contributed by atoms with Gasteiger partial charge in [-0.1, -0.05) is 34.1 Å². The molecule has 2 aromatic carbocycles. The highest BCUT2D eigenvalue weighted by molar-refractivity contribution is 9.10. The Morgan fingerprint density at radius 2 is 1.50 bits per heavy atom. The highest BCUT2D eigenvalue weighted by atomic mass is 79.9. The van der Waals surface area contributed by atoms with Gasteiger partial charge in [-0.15, -0.1) is 0 Å². The largest absolute Gasteiger partial charge is 0.308 e. The second-order valence-electron chi connectivity index (χ2n) is 3.93. The summed E-state index contributed by atoms with van der Waals surface area (Å²) < 4.78 is 27.7. The standard InChI is InChI=1S/C14H12BrF2N/c15-11-6-4-10(5-7-11)8-18-9-12-13(16)2-1-3-14(12)17/h1-7,18H,8-9H2. The molecular formula is C14H12BrF2N. The first-order valence-corrected chi connectivity index (χ1v) is 6.34. The SMILES string of the molecule is Fc1cccc(F)c1CNCc1ccc(Br)cc1. The van der Waals surface area contributed by atoms with Crippen molar-refractivity contribution in [2.45, 2.75) is 13.1 Å². The fourth-order valence-electron chi connectivity index (χ4n) is 1.64. The lowest BCUT2D eigenvalue weighted by molar-refractivity contribution is 0.535. The molecule has 0 unspecified atom stereocenters. The van der Waals surface area contributed by atoms with Crippen LogP contribution in [0.5, 0.6) is 0 Å². The normalized spacial score (nSPS) is 10.6. The molecule has 18 heavy (non-hydrogen) atoms. The summed E-state index contributed by atoms with van der Waals surface area (Å²) in [6, 6.07) is 11.7. The molecule has 0 spiro atoms. The van der Waals surface area contributed by atoms with Crippen LogP contribution in [0.2, 0.25) is 0 Å². The predicted octanol–water partition coefficient (Wildman–Crippen LogP) is 4.02. The molecule has 0 heterocycles. The van der Waals surface area contributed by atoms with Crippen LogP contribution in [0.4, 0.5) is 8.78 Å². The van der Waals surface area contributed by atoms with E-state index in [0.717, 1.165) is 10.0 Å². The molecule has 0 saturated carbocycles. The van der Waals surface area contributed by atoms with E-state index in [4.69, 9.17) is 0 Å². The van der Waals surface area contributed by atoms with E-state index in [1.165, 1.54) is 18.2 Å². The third kappa shape index (κ3) is 3.37. The van der Waals surface area contributed by atoms with Crippen LogP contribution in [0.1, 0.15) is 11.1 Å². The zero-order chi connectivity index (χ0) is 13.0. The molecule has 0 atom stereocenters. The Hall–Kier alpha value is -1.26. The topological polar surface area (TPSA) is 12.0 Å². The number of hydrogen-bond acceptors (Lipinski definition) is 1. The smallest absolute Gasteiger partial charge is 0.130 e. The van der Waals surface area contributed by atoms with Gasteiger partial charge in [-0.05, 0) is 29.8 Å². The minimum absolute atomic E-state index is 0.0783. The summed E-state index contributed by atoms with van der Waals surface area (Å²) in [5, 5.41) is 3.02. The van der Waals surface area contributed by atoms with E-state index in [0.29, 0.717) is 6.54 Å². The monoisotopic (exact) mass is 311 g/mol. The summed E-state index contributed by atoms with van der Waals surface area (Å²) in [4.78, 5) is 0. The second-order valence-corrected chi connectivity index (χ2v) is 4.85. The first-order chi connectivity index (χ1) is 8.66. The Labute approximate surface area is 113 Å². The van der Waals surface area contributed by atoms with Crippen molar-refractivity contribution in [3.8, 4) is 0 Å². The molecule has 1 nitrogen and oxygen atoms in total. The fraction of sp³-hybridized carbons (Fsp3) is 0.143. The summed E-state index contributed by atoms with van der Waals surface area (Å²) in [5.74, 6) is -1.03. The Bertz CT molecular complexity index is 506. The van der Waals surface area contributed by atoms with Gasteiger partial charge in [-0.3, -0.25) is 0 Å². The van der Waals surface area contributed by atoms with Crippen molar-refractivity contribution < 1.29 is 8.78 Å². The van der Waals surface area contributed by atoms with Gasteiger partial charge < -0.3 is 5.32 Å². The van der Waals surface area contributed by atoms with E-state index >= 15 is 0 Å². The van der Waals surface area contributed by atoms with Crippen LogP contribution in [-0.4, -0.2) is 0 Å². The predicted molar refractivity (Wildman–Crippen MR) is 71.0 cm³/mol. The van der Waals surface area contributed by atoms with Crippen molar-refractivity contribution in [3.63, 3.8) is 0 Å². The zero-order valence-corrected chi connectivity index (χ0v) is 11.2. The molecule has 2 rings (SSSR count). The van der Waals surface area contributed by atoms with Crippen LogP contribution in [0.3, 0.4) is 0 Å². The maximum atomic E-state index is 13.3. The van der Waals surface area contributed by atoms with Gasteiger partial charge in [0.05, 0.1) is 0 Å². The Morgan fingerprint density at radius 3 is 2.11 bits per heavy atom. The molecular weight excluding hydrogens is 300 g/mol. The van der Waals surface area contributed by atoms with Crippen LogP contribution in [-0.2, 0) is 13.1 Å². The van der Waals surface area contributed by atoms with Crippen molar-refractivity contribution in [1.29, 1.82) is 0 Å². The van der Waals surface area contributed by atoms with E-state index < -0.39 is 11.6 Å². The van der Waals surface area contributed by atoms with Gasteiger partial charge in [0.25, 0.3) is 0 Å². The number of halogens is 3. The highest BCUT2D eigenvalue weighted by Crippen LogP contribution is 2.13. The summed E-state index contributed by atoms with van der Waals surface area (Å²) >= 11 is 3.35. The summed E-state index contributed by atoms with van der Waals surface area (Å²) in [5.41, 5.74) is 1.14. The number of benzene rings is 2. The van der Waals surface area contributed by atoms with Gasteiger partial charge in [0.1, 0.15) is 11.6 Å². The molecule has 2 aromatic rings. The summed E-state index contributed by atoms with van der Waals surface area (Å²) in [6.07, 6.45) is 0. The van der Waals surface area contributed by atoms with Crippen molar-refractivity contribution >= 4 is 15.9 Å². The van der Waals surface area contributed by atoms with Gasteiger partial charge in [-0.25, -0.2) is 8.78 Å². The van der Waals surface area contributed by atoms with Gasteiger partial charge >= 0.3 is 0 Å². The molecule has 0 aliphatic heterocycles. The molecule has 0 aliphatic rings. The minimum Gasteiger partial charge on any atom is -0.308 e. The van der Waals surface area contributed by atoms with Crippen molar-refractivity contribution in [3.05, 3.63) is 69.7 Å². The highest BCUT2D eigenvalue weighted by Gasteiger charge is 2.07. The zero-order valence-electron chi connectivity index (χ0n) is 9.59. The lowest BCUT2D eigenvalue weighted by Crippen LogP contribution is -2.14. The maximum absolute atomic E-state index is 13.3. The first kappa shape index (κ1) is 13.2. The summed E-state index contributed by atoms with van der Waals surface area (Å²) in [6.45, 7) is 0.746. The van der Waals surface area contributed by atoms with Crippen molar-refractivity contribution in [1.82, 2.24) is 5.32 Å². The van der Waals surface area contributed by atoms with Gasteiger partial charge in [0.2, 0.25) is 0 Å². The van der Waals surface area contributed by atoms with Crippen LogP contribution in [0.15, 0.2) is 46.9 Å². The van der Waals surface area contributed by atoms with Crippen LogP contribution >= 0.6 is 15.9 Å². The Balaban J connectivity index is 1.94. The number of hydrogen-bond donors (Lipinski definition) is 1. The lowest BCUT2D eigenvalue weighted by Gasteiger charge is -2.07. The van der Waals surface area contributed by atoms with Crippen LogP contribution < -0.4 is 5.32 Å². The quantitative estimate of drug-likeness (QED) is 0.899. The van der Waals surface area contributed by atoms with E-state index in [2.05, 4.69) is 21.2 Å². The Morgan fingerprint density at radius 1 is 0.889 bits per heavy atom. The molecule has 0 fully saturated rings. The molecule has 0 saturated heterocycles. The average Bonchev–Trinajstić information content (AvgIpc) is 2.35. The lowest BCUT2D eigenvalue weighted by atomic mass is 10.2. The van der Waals surface area contributed by atoms with Crippen LogP contribution in [0, 0.1) is 11.6 Å². The van der Waals surface area contributed by atoms with Gasteiger partial charge in [-0.2, -0.15) is 0 Å². The van der Waals surface area contributed by atoms with E-state index in [1.807, 2.05) is 24.3 Å². The van der Waals surface area contributed by atoms with Gasteiger partial charge in [0, 0.05) is 23.1 Å². The average molecular weight is 312 g/mol. The summed E-state index contributed by atoms with van der Waals surface area (Å²) in [7, 11) is 0. The van der Waals surface area contributed by atoms with Crippen molar-refractivity contribution in [2.24, 2.45) is 0 Å². The molecule has 94 valence electrons. The molecule has 0 radical (unpaired) electrons. The second kappa shape index (κ2) is 6.07. The fourth-order valence-corrected chi connectivity index (χ4v) is 1.90.